The Kier molecular flexibility index (Phi) is 5560. The normalized spacial score (nSPS) is 2.25. The molecule has 0 aromatic heterocycles. The zero-order valence-electron chi connectivity index (χ0n) is 5.69. The first-order valence-corrected chi connectivity index (χ1v) is 1.02. The molecule has 0 aromatic carbocycles. The lowest BCUT2D eigenvalue weighted by atomic mass is 10.9. The molecule has 8 heavy (non-hydrogen) atoms. The molecule has 0 amide bonds. The summed E-state index contributed by atoms with van der Waals surface area (Å²) in [5.74, 6) is 0. The summed E-state index contributed by atoms with van der Waals surface area (Å²) in [7, 11) is 0. The van der Waals surface area contributed by atoms with Crippen molar-refractivity contribution in [2.45, 2.75) is 6.92 Å². The maximum atomic E-state index is 7.57. The highest BCUT2D eigenvalue weighted by atomic mass is 16.2. The van der Waals surface area contributed by atoms with Crippen molar-refractivity contribution in [3.05, 3.63) is 0 Å². The van der Waals surface area contributed by atoms with Crippen LogP contribution in [-0.4, -0.2) is 11.7 Å². The molecule has 0 spiro atoms. The van der Waals surface area contributed by atoms with Crippen LogP contribution < -0.4 is 30.8 Å². The van der Waals surface area contributed by atoms with Gasteiger partial charge in [-0.2, -0.15) is 0 Å². The minimum atomic E-state index is 0. The Bertz CT molecular complexity index is 10.4. The SMILES string of the molecule is CCO.N.N.N.N.N. The van der Waals surface area contributed by atoms with Crippen molar-refractivity contribution in [1.29, 1.82) is 0 Å². The molecule has 0 bridgehead atoms. The maximum absolute atomic E-state index is 7.57. The third-order valence-electron chi connectivity index (χ3n) is 0. The second kappa shape index (κ2) is 388. The molecule has 0 unspecified atom stereocenters. The van der Waals surface area contributed by atoms with Crippen molar-refractivity contribution < 1.29 is 5.11 Å². The Morgan fingerprint density at radius 3 is 0.875 bits per heavy atom. The minimum absolute atomic E-state index is 0. The first kappa shape index (κ1) is 114. The molecule has 0 radical (unpaired) electrons. The van der Waals surface area contributed by atoms with Crippen molar-refractivity contribution in [1.82, 2.24) is 30.8 Å². The number of hydrogen-bond acceptors (Lipinski definition) is 6. The maximum Gasteiger partial charge on any atom is 0.0402 e. The van der Waals surface area contributed by atoms with Crippen LogP contribution in [0, 0.1) is 0 Å². The second-order valence-electron chi connectivity index (χ2n) is 0.316. The molecule has 0 aliphatic heterocycles. The number of aliphatic hydroxyl groups excluding tert-OH is 1. The summed E-state index contributed by atoms with van der Waals surface area (Å²) in [6, 6.07) is 0. The smallest absolute Gasteiger partial charge is 0.0402 e. The van der Waals surface area contributed by atoms with Gasteiger partial charge in [0, 0.05) is 6.61 Å². The molecule has 0 aliphatic carbocycles. The van der Waals surface area contributed by atoms with E-state index >= 15 is 0 Å². The molecule has 0 saturated carbocycles. The summed E-state index contributed by atoms with van der Waals surface area (Å²) in [6.07, 6.45) is 0. The molecular weight excluding hydrogens is 110 g/mol. The molecule has 0 atom stereocenters. The van der Waals surface area contributed by atoms with E-state index in [0.29, 0.717) is 0 Å². The van der Waals surface area contributed by atoms with E-state index in [0.717, 1.165) is 0 Å². The van der Waals surface area contributed by atoms with Gasteiger partial charge in [-0.15, -0.1) is 0 Å². The van der Waals surface area contributed by atoms with Crippen LogP contribution in [-0.2, 0) is 0 Å². The van der Waals surface area contributed by atoms with Crippen molar-refractivity contribution in [2.24, 2.45) is 0 Å². The first-order chi connectivity index (χ1) is 1.41. The first-order valence-electron chi connectivity index (χ1n) is 1.02. The van der Waals surface area contributed by atoms with E-state index < -0.39 is 0 Å². The van der Waals surface area contributed by atoms with Crippen LogP contribution >= 0.6 is 0 Å². The fourth-order valence-electron chi connectivity index (χ4n) is 0. The number of rotatable bonds is 0. The van der Waals surface area contributed by atoms with Gasteiger partial charge < -0.3 is 35.9 Å². The van der Waals surface area contributed by atoms with Gasteiger partial charge in [-0.25, -0.2) is 0 Å². The van der Waals surface area contributed by atoms with E-state index in [1.165, 1.54) is 0 Å². The van der Waals surface area contributed by atoms with Gasteiger partial charge in [-0.05, 0) is 6.92 Å². The Morgan fingerprint density at radius 1 is 0.875 bits per heavy atom. The van der Waals surface area contributed by atoms with Gasteiger partial charge in [-0.1, -0.05) is 0 Å². The average molecular weight is 131 g/mol. The second-order valence-corrected chi connectivity index (χ2v) is 0.316. The van der Waals surface area contributed by atoms with Crippen LogP contribution in [0.4, 0.5) is 0 Å². The molecule has 0 aliphatic rings. The van der Waals surface area contributed by atoms with Crippen molar-refractivity contribution in [3.8, 4) is 0 Å². The third-order valence-corrected chi connectivity index (χ3v) is 0. The lowest BCUT2D eigenvalue weighted by molar-refractivity contribution is 0.318. The van der Waals surface area contributed by atoms with Gasteiger partial charge in [0.15, 0.2) is 0 Å². The topological polar surface area (TPSA) is 195 Å². The standard InChI is InChI=1S/C2H6O.5H3N/c1-2-3;;;;;/h3H,2H2,1H3;5*1H3. The molecule has 0 saturated heterocycles. The largest absolute Gasteiger partial charge is 0.397 e. The molecule has 6 nitrogen and oxygen atoms in total. The zero-order valence-corrected chi connectivity index (χ0v) is 5.69. The summed E-state index contributed by atoms with van der Waals surface area (Å²) in [6.45, 7) is 1.93. The van der Waals surface area contributed by atoms with E-state index in [1.807, 2.05) is 0 Å². The molecular formula is C2H21N5O. The lowest BCUT2D eigenvalue weighted by Gasteiger charge is -1.52. The zero-order chi connectivity index (χ0) is 2.71. The van der Waals surface area contributed by atoms with Gasteiger partial charge in [-0.3, -0.25) is 0 Å². The van der Waals surface area contributed by atoms with Crippen LogP contribution in [0.15, 0.2) is 0 Å². The minimum Gasteiger partial charge on any atom is -0.397 e. The van der Waals surface area contributed by atoms with E-state index in [-0.39, 0.29) is 37.4 Å². The van der Waals surface area contributed by atoms with E-state index in [4.69, 9.17) is 5.11 Å². The van der Waals surface area contributed by atoms with Crippen molar-refractivity contribution in [3.63, 3.8) is 0 Å². The Labute approximate surface area is 50.6 Å². The highest BCUT2D eigenvalue weighted by Crippen LogP contribution is 1.30. The van der Waals surface area contributed by atoms with Crippen LogP contribution in [0.2, 0.25) is 0 Å². The summed E-state index contributed by atoms with van der Waals surface area (Å²) < 4.78 is 0. The highest BCUT2D eigenvalue weighted by Gasteiger charge is 1.34. The number of hydrogen-bond donors (Lipinski definition) is 6. The van der Waals surface area contributed by atoms with E-state index in [1.54, 1.807) is 6.92 Å². The average Bonchev–Trinajstić information content (AvgIpc) is 0.918. The van der Waals surface area contributed by atoms with Crippen molar-refractivity contribution >= 4 is 0 Å². The Morgan fingerprint density at radius 2 is 0.875 bits per heavy atom. The predicted molar refractivity (Wildman–Crippen MR) is 37.9 cm³/mol. The van der Waals surface area contributed by atoms with Crippen LogP contribution in [0.3, 0.4) is 0 Å². The molecule has 0 heterocycles. The fourth-order valence-corrected chi connectivity index (χ4v) is 0. The van der Waals surface area contributed by atoms with Crippen LogP contribution in [0.1, 0.15) is 6.92 Å². The molecule has 60 valence electrons. The summed E-state index contributed by atoms with van der Waals surface area (Å²) in [5, 5.41) is 7.57. The van der Waals surface area contributed by atoms with Crippen LogP contribution in [0.5, 0.6) is 0 Å². The third kappa shape index (κ3) is 2270. The summed E-state index contributed by atoms with van der Waals surface area (Å²) in [5.41, 5.74) is 0. The van der Waals surface area contributed by atoms with Gasteiger partial charge in [0.25, 0.3) is 0 Å². The number of aliphatic hydroxyl groups is 1. The summed E-state index contributed by atoms with van der Waals surface area (Å²) >= 11 is 0. The Balaban J connectivity index is -0.00000000200. The molecule has 0 rings (SSSR count). The molecule has 0 fully saturated rings. The Hall–Kier alpha value is -0.240. The monoisotopic (exact) mass is 131 g/mol. The van der Waals surface area contributed by atoms with Gasteiger partial charge in [0.2, 0.25) is 0 Å². The molecule has 0 aromatic rings. The van der Waals surface area contributed by atoms with E-state index in [2.05, 4.69) is 0 Å². The molecule has 6 heteroatoms. The van der Waals surface area contributed by atoms with Gasteiger partial charge in [0.05, 0.1) is 0 Å². The van der Waals surface area contributed by atoms with Gasteiger partial charge >= 0.3 is 0 Å². The van der Waals surface area contributed by atoms with Crippen LogP contribution in [0.25, 0.3) is 0 Å². The quantitative estimate of drug-likeness (QED) is 0.281. The fraction of sp³-hybridized carbons (Fsp3) is 1.00. The van der Waals surface area contributed by atoms with Gasteiger partial charge in [0.1, 0.15) is 0 Å². The summed E-state index contributed by atoms with van der Waals surface area (Å²) in [4.78, 5) is 0. The van der Waals surface area contributed by atoms with Crippen molar-refractivity contribution in [2.75, 3.05) is 6.61 Å². The predicted octanol–water partition coefficient (Wildman–Crippen LogP) is 0.809. The lowest BCUT2D eigenvalue weighted by Crippen LogP contribution is -1.57. The highest BCUT2D eigenvalue weighted by molar-refractivity contribution is 3.84. The van der Waals surface area contributed by atoms with E-state index in [9.17, 15) is 0 Å². The molecule has 16 N–H and O–H groups in total.